The molecule has 8 nitrogen and oxygen atoms in total. The molecule has 2 fully saturated rings. The van der Waals surface area contributed by atoms with E-state index in [4.69, 9.17) is 11.6 Å². The first-order chi connectivity index (χ1) is 15.8. The van der Waals surface area contributed by atoms with Crippen LogP contribution in [0.3, 0.4) is 0 Å². The lowest BCUT2D eigenvalue weighted by Crippen LogP contribution is -2.54. The van der Waals surface area contributed by atoms with Gasteiger partial charge in [0.25, 0.3) is 15.9 Å². The van der Waals surface area contributed by atoms with Gasteiger partial charge in [-0.2, -0.15) is 0 Å². The number of sulfonamides is 1. The van der Waals surface area contributed by atoms with Crippen LogP contribution >= 0.6 is 11.6 Å². The number of urea groups is 1. The van der Waals surface area contributed by atoms with Gasteiger partial charge in [-0.3, -0.25) is 9.52 Å². The molecule has 0 aromatic heterocycles. The Morgan fingerprint density at radius 2 is 1.42 bits per heavy atom. The summed E-state index contributed by atoms with van der Waals surface area (Å²) >= 11 is 6.07. The number of halogens is 1. The SMILES string of the molecule is O=C(c1cccc(S(=O)(=O)Nc2ccccc2Cl)c1)N1CCN(C(=O)N2CCCCC2)CC1. The smallest absolute Gasteiger partial charge is 0.320 e. The number of hydrogen-bond acceptors (Lipinski definition) is 4. The van der Waals surface area contributed by atoms with E-state index < -0.39 is 10.0 Å². The Morgan fingerprint density at radius 1 is 0.788 bits per heavy atom. The zero-order valence-electron chi connectivity index (χ0n) is 18.2. The van der Waals surface area contributed by atoms with E-state index >= 15 is 0 Å². The van der Waals surface area contributed by atoms with Crippen molar-refractivity contribution in [3.05, 3.63) is 59.1 Å². The first-order valence-electron chi connectivity index (χ1n) is 11.1. The third-order valence-corrected chi connectivity index (χ3v) is 7.67. The van der Waals surface area contributed by atoms with Gasteiger partial charge >= 0.3 is 6.03 Å². The number of para-hydroxylation sites is 1. The van der Waals surface area contributed by atoms with Gasteiger partial charge in [0.1, 0.15) is 0 Å². The Balaban J connectivity index is 1.41. The van der Waals surface area contributed by atoms with Gasteiger partial charge in [-0.15, -0.1) is 0 Å². The van der Waals surface area contributed by atoms with E-state index in [1.807, 2.05) is 4.90 Å². The van der Waals surface area contributed by atoms with Gasteiger partial charge in [-0.1, -0.05) is 29.8 Å². The maximum absolute atomic E-state index is 13.0. The van der Waals surface area contributed by atoms with Crippen LogP contribution in [0.25, 0.3) is 0 Å². The molecule has 2 aromatic carbocycles. The van der Waals surface area contributed by atoms with E-state index in [2.05, 4.69) is 4.72 Å². The fourth-order valence-corrected chi connectivity index (χ4v) is 5.48. The summed E-state index contributed by atoms with van der Waals surface area (Å²) < 4.78 is 28.1. The predicted octanol–water partition coefficient (Wildman–Crippen LogP) is 3.50. The summed E-state index contributed by atoms with van der Waals surface area (Å²) in [6.45, 7) is 3.34. The Kier molecular flexibility index (Phi) is 7.09. The van der Waals surface area contributed by atoms with Crippen molar-refractivity contribution in [2.45, 2.75) is 24.2 Å². The van der Waals surface area contributed by atoms with Crippen LogP contribution in [0.1, 0.15) is 29.6 Å². The summed E-state index contributed by atoms with van der Waals surface area (Å²) in [6.07, 6.45) is 3.23. The molecule has 33 heavy (non-hydrogen) atoms. The van der Waals surface area contributed by atoms with E-state index in [0.29, 0.717) is 26.2 Å². The predicted molar refractivity (Wildman–Crippen MR) is 127 cm³/mol. The molecular formula is C23H27ClN4O4S. The van der Waals surface area contributed by atoms with Gasteiger partial charge in [0, 0.05) is 44.8 Å². The largest absolute Gasteiger partial charge is 0.335 e. The molecule has 2 aromatic rings. The van der Waals surface area contributed by atoms with Crippen molar-refractivity contribution in [1.29, 1.82) is 0 Å². The zero-order valence-corrected chi connectivity index (χ0v) is 19.8. The molecule has 4 rings (SSSR count). The summed E-state index contributed by atoms with van der Waals surface area (Å²) in [6, 6.07) is 12.5. The number of amides is 3. The molecule has 3 amide bonds. The molecule has 0 saturated carbocycles. The zero-order chi connectivity index (χ0) is 23.4. The van der Waals surface area contributed by atoms with Crippen molar-refractivity contribution in [2.24, 2.45) is 0 Å². The summed E-state index contributed by atoms with van der Waals surface area (Å²) in [5.74, 6) is -0.255. The summed E-state index contributed by atoms with van der Waals surface area (Å²) in [5.41, 5.74) is 0.554. The quantitative estimate of drug-likeness (QED) is 0.710. The lowest BCUT2D eigenvalue weighted by Gasteiger charge is -2.38. The highest BCUT2D eigenvalue weighted by molar-refractivity contribution is 7.92. The van der Waals surface area contributed by atoms with Crippen LogP contribution in [-0.4, -0.2) is 74.3 Å². The summed E-state index contributed by atoms with van der Waals surface area (Å²) in [7, 11) is -3.92. The van der Waals surface area contributed by atoms with Crippen LogP contribution < -0.4 is 4.72 Å². The Labute approximate surface area is 199 Å². The second-order valence-corrected chi connectivity index (χ2v) is 10.3. The fourth-order valence-electron chi connectivity index (χ4n) is 4.11. The number of likely N-dealkylation sites (tertiary alicyclic amines) is 1. The molecule has 176 valence electrons. The molecule has 0 unspecified atom stereocenters. The normalized spacial score (nSPS) is 17.1. The molecule has 1 N–H and O–H groups in total. The third kappa shape index (κ3) is 5.42. The summed E-state index contributed by atoms with van der Waals surface area (Å²) in [4.78, 5) is 31.1. The average Bonchev–Trinajstić information content (AvgIpc) is 2.85. The molecule has 0 bridgehead atoms. The first kappa shape index (κ1) is 23.4. The number of nitrogens with one attached hydrogen (secondary N) is 1. The fraction of sp³-hybridized carbons (Fsp3) is 0.391. The highest BCUT2D eigenvalue weighted by Gasteiger charge is 2.28. The van der Waals surface area contributed by atoms with Crippen molar-refractivity contribution in [2.75, 3.05) is 44.0 Å². The molecule has 2 aliphatic heterocycles. The average molecular weight is 491 g/mol. The molecule has 0 radical (unpaired) electrons. The van der Waals surface area contributed by atoms with Gasteiger partial charge in [-0.05, 0) is 49.6 Å². The highest BCUT2D eigenvalue weighted by Crippen LogP contribution is 2.24. The van der Waals surface area contributed by atoms with E-state index in [1.54, 1.807) is 46.2 Å². The van der Waals surface area contributed by atoms with Gasteiger partial charge in [-0.25, -0.2) is 13.2 Å². The van der Waals surface area contributed by atoms with Crippen LogP contribution in [-0.2, 0) is 10.0 Å². The molecule has 2 aliphatic rings. The molecule has 0 aliphatic carbocycles. The van der Waals surface area contributed by atoms with Crippen molar-refractivity contribution in [1.82, 2.24) is 14.7 Å². The molecule has 10 heteroatoms. The second kappa shape index (κ2) is 10.0. The van der Waals surface area contributed by atoms with Crippen LogP contribution in [0.2, 0.25) is 5.02 Å². The van der Waals surface area contributed by atoms with Crippen LogP contribution in [0.5, 0.6) is 0 Å². The number of nitrogens with zero attached hydrogens (tertiary/aromatic N) is 3. The minimum Gasteiger partial charge on any atom is -0.335 e. The number of hydrogen-bond donors (Lipinski definition) is 1. The maximum atomic E-state index is 13.0. The number of carbonyl (C=O) groups is 2. The van der Waals surface area contributed by atoms with Crippen molar-refractivity contribution >= 4 is 39.2 Å². The van der Waals surface area contributed by atoms with Crippen LogP contribution in [0.4, 0.5) is 10.5 Å². The maximum Gasteiger partial charge on any atom is 0.320 e. The number of benzene rings is 2. The van der Waals surface area contributed by atoms with E-state index in [9.17, 15) is 18.0 Å². The monoisotopic (exact) mass is 490 g/mol. The summed E-state index contributed by atoms with van der Waals surface area (Å²) in [5, 5.41) is 0.283. The Bertz CT molecular complexity index is 1130. The Hall–Kier alpha value is -2.78. The molecule has 2 heterocycles. The first-order valence-corrected chi connectivity index (χ1v) is 12.9. The van der Waals surface area contributed by atoms with Gasteiger partial charge in [0.15, 0.2) is 0 Å². The highest BCUT2D eigenvalue weighted by atomic mass is 35.5. The molecule has 0 atom stereocenters. The minimum atomic E-state index is -3.92. The topological polar surface area (TPSA) is 90.0 Å². The number of carbonyl (C=O) groups excluding carboxylic acids is 2. The van der Waals surface area contributed by atoms with Crippen molar-refractivity contribution in [3.8, 4) is 0 Å². The number of rotatable bonds is 4. The van der Waals surface area contributed by atoms with Crippen LogP contribution in [0, 0.1) is 0 Å². The Morgan fingerprint density at radius 3 is 2.12 bits per heavy atom. The van der Waals surface area contributed by atoms with E-state index in [1.165, 1.54) is 12.1 Å². The standard InChI is InChI=1S/C23H27ClN4O4S/c24-20-9-2-3-10-21(20)25-33(31,32)19-8-6-7-18(17-19)22(29)26-13-15-28(16-14-26)23(30)27-11-4-1-5-12-27/h2-3,6-10,17,25H,1,4-5,11-16H2. The van der Waals surface area contributed by atoms with Gasteiger partial charge in [0.2, 0.25) is 0 Å². The lowest BCUT2D eigenvalue weighted by atomic mass is 10.1. The lowest BCUT2D eigenvalue weighted by molar-refractivity contribution is 0.0632. The third-order valence-electron chi connectivity index (χ3n) is 5.97. The van der Waals surface area contributed by atoms with Crippen molar-refractivity contribution in [3.63, 3.8) is 0 Å². The van der Waals surface area contributed by atoms with Crippen LogP contribution in [0.15, 0.2) is 53.4 Å². The number of piperazine rings is 1. The van der Waals surface area contributed by atoms with Gasteiger partial charge < -0.3 is 14.7 Å². The van der Waals surface area contributed by atoms with Crippen molar-refractivity contribution < 1.29 is 18.0 Å². The minimum absolute atomic E-state index is 0.0211. The molecular weight excluding hydrogens is 464 g/mol. The van der Waals surface area contributed by atoms with E-state index in [0.717, 1.165) is 32.4 Å². The van der Waals surface area contributed by atoms with E-state index in [-0.39, 0.29) is 33.1 Å². The number of piperidine rings is 1. The second-order valence-electron chi connectivity index (χ2n) is 8.22. The van der Waals surface area contributed by atoms with Gasteiger partial charge in [0.05, 0.1) is 15.6 Å². The molecule has 0 spiro atoms. The number of anilines is 1. The molecule has 2 saturated heterocycles.